The van der Waals surface area contributed by atoms with Crippen molar-refractivity contribution >= 4 is 11.6 Å². The van der Waals surface area contributed by atoms with Gasteiger partial charge < -0.3 is 10.2 Å². The molecule has 0 radical (unpaired) electrons. The first-order valence-corrected chi connectivity index (χ1v) is 3.38. The number of rotatable bonds is 1. The van der Waals surface area contributed by atoms with Gasteiger partial charge >= 0.3 is 0 Å². The first-order valence-electron chi connectivity index (χ1n) is 3.38. The topological polar surface area (TPSA) is 74.6 Å². The maximum absolute atomic E-state index is 11.0. The Balaban J connectivity index is 3.02. The summed E-state index contributed by atoms with van der Waals surface area (Å²) in [5.41, 5.74) is 0. The summed E-state index contributed by atoms with van der Waals surface area (Å²) in [6.07, 6.45) is 2.03. The Bertz CT molecular complexity index is 298. The van der Waals surface area contributed by atoms with E-state index in [0.717, 1.165) is 12.2 Å². The predicted octanol–water partition coefficient (Wildman–Crippen LogP) is 0.658. The molecule has 0 fully saturated rings. The lowest BCUT2D eigenvalue weighted by atomic mass is 9.94. The fourth-order valence-electron chi connectivity index (χ4n) is 0.967. The first kappa shape index (κ1) is 8.52. The van der Waals surface area contributed by atoms with Crippen LogP contribution in [0, 0.1) is 5.92 Å². The molecule has 0 aliphatic heterocycles. The van der Waals surface area contributed by atoms with E-state index in [9.17, 15) is 9.59 Å². The molecule has 64 valence electrons. The lowest BCUT2D eigenvalue weighted by Gasteiger charge is -2.11. The molecule has 1 unspecified atom stereocenters. The molecule has 0 heterocycles. The Morgan fingerprint density at radius 1 is 1.50 bits per heavy atom. The lowest BCUT2D eigenvalue weighted by Crippen LogP contribution is -2.24. The van der Waals surface area contributed by atoms with Crippen molar-refractivity contribution in [1.82, 2.24) is 0 Å². The van der Waals surface area contributed by atoms with Gasteiger partial charge in [0.15, 0.2) is 5.76 Å². The van der Waals surface area contributed by atoms with Gasteiger partial charge in [0, 0.05) is 6.08 Å². The molecule has 1 aliphatic rings. The number of hydrogen-bond donors (Lipinski definition) is 2. The van der Waals surface area contributed by atoms with Crippen LogP contribution in [0.1, 0.15) is 6.92 Å². The van der Waals surface area contributed by atoms with Gasteiger partial charge in [0.05, 0.1) is 0 Å². The Morgan fingerprint density at radius 2 is 2.08 bits per heavy atom. The molecule has 12 heavy (non-hydrogen) atoms. The van der Waals surface area contributed by atoms with Crippen molar-refractivity contribution in [2.24, 2.45) is 5.92 Å². The lowest BCUT2D eigenvalue weighted by molar-refractivity contribution is -0.129. The van der Waals surface area contributed by atoms with E-state index in [1.54, 1.807) is 0 Å². The molecule has 4 heteroatoms. The Kier molecular flexibility index (Phi) is 1.99. The number of carbonyl (C=O) groups is 2. The Labute approximate surface area is 68.8 Å². The maximum Gasteiger partial charge on any atom is 0.211 e. The van der Waals surface area contributed by atoms with E-state index in [0.29, 0.717) is 0 Å². The van der Waals surface area contributed by atoms with E-state index in [2.05, 4.69) is 0 Å². The monoisotopic (exact) mass is 168 g/mol. The number of allylic oxidation sites excluding steroid dienone is 3. The summed E-state index contributed by atoms with van der Waals surface area (Å²) < 4.78 is 0. The van der Waals surface area contributed by atoms with E-state index in [1.807, 2.05) is 0 Å². The van der Waals surface area contributed by atoms with Crippen LogP contribution in [0.4, 0.5) is 0 Å². The van der Waals surface area contributed by atoms with Gasteiger partial charge in [0.2, 0.25) is 5.78 Å². The van der Waals surface area contributed by atoms with Crippen molar-refractivity contribution in [2.75, 3.05) is 0 Å². The minimum Gasteiger partial charge on any atom is -0.508 e. The molecule has 2 N–H and O–H groups in total. The molecule has 0 spiro atoms. The molecular formula is C8H8O4. The average Bonchev–Trinajstić information content (AvgIpc) is 1.96. The van der Waals surface area contributed by atoms with Gasteiger partial charge in [-0.25, -0.2) is 0 Å². The van der Waals surface area contributed by atoms with Gasteiger partial charge in [-0.2, -0.15) is 0 Å². The molecule has 1 atom stereocenters. The van der Waals surface area contributed by atoms with Crippen LogP contribution in [0.5, 0.6) is 0 Å². The summed E-state index contributed by atoms with van der Waals surface area (Å²) in [7, 11) is 0. The highest BCUT2D eigenvalue weighted by molar-refractivity contribution is 6.11. The fraction of sp³-hybridized carbons (Fsp3) is 0.250. The van der Waals surface area contributed by atoms with E-state index in [1.165, 1.54) is 6.92 Å². The minimum absolute atomic E-state index is 0.257. The Hall–Kier alpha value is -1.58. The van der Waals surface area contributed by atoms with Crippen LogP contribution >= 0.6 is 0 Å². The van der Waals surface area contributed by atoms with Crippen LogP contribution in [-0.4, -0.2) is 21.8 Å². The molecule has 0 amide bonds. The van der Waals surface area contributed by atoms with Gasteiger partial charge in [0.1, 0.15) is 17.5 Å². The van der Waals surface area contributed by atoms with Crippen LogP contribution in [0.2, 0.25) is 0 Å². The van der Waals surface area contributed by atoms with Crippen molar-refractivity contribution in [3.63, 3.8) is 0 Å². The van der Waals surface area contributed by atoms with Crippen LogP contribution in [0.25, 0.3) is 0 Å². The molecule has 0 saturated heterocycles. The summed E-state index contributed by atoms with van der Waals surface area (Å²) >= 11 is 0. The molecule has 0 saturated carbocycles. The number of aliphatic hydroxyl groups excluding tert-OH is 2. The highest BCUT2D eigenvalue weighted by atomic mass is 16.3. The number of ketones is 2. The second kappa shape index (κ2) is 2.81. The van der Waals surface area contributed by atoms with Gasteiger partial charge in [-0.1, -0.05) is 0 Å². The van der Waals surface area contributed by atoms with Crippen LogP contribution in [-0.2, 0) is 9.59 Å². The molecule has 0 aromatic rings. The summed E-state index contributed by atoms with van der Waals surface area (Å²) in [5, 5.41) is 17.9. The summed E-state index contributed by atoms with van der Waals surface area (Å²) in [6.45, 7) is 1.23. The van der Waals surface area contributed by atoms with Crippen molar-refractivity contribution in [1.29, 1.82) is 0 Å². The largest absolute Gasteiger partial charge is 0.508 e. The zero-order chi connectivity index (χ0) is 9.30. The van der Waals surface area contributed by atoms with Crippen LogP contribution in [0.15, 0.2) is 23.7 Å². The molecule has 0 aromatic heterocycles. The van der Waals surface area contributed by atoms with E-state index >= 15 is 0 Å². The third-order valence-electron chi connectivity index (χ3n) is 1.59. The van der Waals surface area contributed by atoms with Crippen LogP contribution < -0.4 is 0 Å². The third kappa shape index (κ3) is 1.37. The first-order chi connectivity index (χ1) is 5.52. The molecular weight excluding hydrogens is 160 g/mol. The number of carbonyl (C=O) groups excluding carboxylic acids is 2. The minimum atomic E-state index is -1.03. The second-order valence-corrected chi connectivity index (χ2v) is 2.57. The number of aliphatic hydroxyl groups is 2. The normalized spacial score (nSPS) is 23.1. The number of Topliss-reactive ketones (excluding diaryl/α,β-unsaturated/α-hetero) is 2. The van der Waals surface area contributed by atoms with Crippen molar-refractivity contribution in [2.45, 2.75) is 6.92 Å². The summed E-state index contributed by atoms with van der Waals surface area (Å²) in [6, 6.07) is 0. The Morgan fingerprint density at radius 3 is 2.58 bits per heavy atom. The second-order valence-electron chi connectivity index (χ2n) is 2.57. The van der Waals surface area contributed by atoms with Gasteiger partial charge in [-0.15, -0.1) is 0 Å². The van der Waals surface area contributed by atoms with E-state index < -0.39 is 23.2 Å². The standard InChI is InChI=1S/C8H8O4/c1-4(9)6-2-5(10)3-7(11)8(6)12/h2-3,6,10-11H,1H3. The smallest absolute Gasteiger partial charge is 0.211 e. The maximum atomic E-state index is 11.0. The van der Waals surface area contributed by atoms with Crippen molar-refractivity contribution in [3.8, 4) is 0 Å². The average molecular weight is 168 g/mol. The predicted molar refractivity (Wildman–Crippen MR) is 40.6 cm³/mol. The van der Waals surface area contributed by atoms with E-state index in [-0.39, 0.29) is 5.76 Å². The fourth-order valence-corrected chi connectivity index (χ4v) is 0.967. The number of hydrogen-bond acceptors (Lipinski definition) is 4. The van der Waals surface area contributed by atoms with Crippen molar-refractivity contribution in [3.05, 3.63) is 23.7 Å². The van der Waals surface area contributed by atoms with Crippen molar-refractivity contribution < 1.29 is 19.8 Å². The zero-order valence-corrected chi connectivity index (χ0v) is 6.44. The molecule has 0 aromatic carbocycles. The molecule has 0 bridgehead atoms. The third-order valence-corrected chi connectivity index (χ3v) is 1.59. The van der Waals surface area contributed by atoms with Gasteiger partial charge in [-0.05, 0) is 13.0 Å². The molecule has 4 nitrogen and oxygen atoms in total. The SMILES string of the molecule is CC(=O)C1C=C(O)C=C(O)C1=O. The van der Waals surface area contributed by atoms with Gasteiger partial charge in [-0.3, -0.25) is 9.59 Å². The molecule has 1 rings (SSSR count). The highest BCUT2D eigenvalue weighted by Gasteiger charge is 2.27. The van der Waals surface area contributed by atoms with E-state index in [4.69, 9.17) is 10.2 Å². The highest BCUT2D eigenvalue weighted by Crippen LogP contribution is 2.16. The summed E-state index contributed by atoms with van der Waals surface area (Å²) in [4.78, 5) is 21.8. The summed E-state index contributed by atoms with van der Waals surface area (Å²) in [5.74, 6) is -2.93. The van der Waals surface area contributed by atoms with Crippen LogP contribution in [0.3, 0.4) is 0 Å². The quantitative estimate of drug-likeness (QED) is 0.564. The van der Waals surface area contributed by atoms with Gasteiger partial charge in [0.25, 0.3) is 0 Å². The molecule has 1 aliphatic carbocycles. The zero-order valence-electron chi connectivity index (χ0n) is 6.44.